The molecule has 0 fully saturated rings. The van der Waals surface area contributed by atoms with E-state index in [0.717, 1.165) is 10.9 Å². The molecule has 0 aliphatic rings. The Morgan fingerprint density at radius 2 is 1.88 bits per heavy atom. The van der Waals surface area contributed by atoms with E-state index in [2.05, 4.69) is 22.8 Å². The van der Waals surface area contributed by atoms with Crippen LogP contribution in [0.4, 0.5) is 0 Å². The molecule has 0 radical (unpaired) electrons. The molecule has 0 saturated heterocycles. The lowest BCUT2D eigenvalue weighted by molar-refractivity contribution is 1.08. The first-order valence-electron chi connectivity index (χ1n) is 4.62. The standard InChI is InChI=1S/C10H7N3O2S/c14-9-6-1-2-7-5(3-4-13(7)16)8(6)11-10(15)12-9/h1-4,16H,(H2,11,12,14,15). The summed E-state index contributed by atoms with van der Waals surface area (Å²) in [5.41, 5.74) is 0.501. The van der Waals surface area contributed by atoms with Crippen LogP contribution in [0.25, 0.3) is 21.8 Å². The smallest absolute Gasteiger partial charge is 0.306 e. The van der Waals surface area contributed by atoms with E-state index < -0.39 is 5.69 Å². The minimum absolute atomic E-state index is 0.382. The average molecular weight is 233 g/mol. The first-order chi connectivity index (χ1) is 7.66. The van der Waals surface area contributed by atoms with Crippen molar-refractivity contribution in [2.24, 2.45) is 0 Å². The number of hydrogen-bond donors (Lipinski definition) is 3. The number of benzene rings is 1. The van der Waals surface area contributed by atoms with Crippen LogP contribution in [0.5, 0.6) is 0 Å². The molecule has 0 unspecified atom stereocenters. The van der Waals surface area contributed by atoms with E-state index in [-0.39, 0.29) is 5.56 Å². The summed E-state index contributed by atoms with van der Waals surface area (Å²) in [7, 11) is 0. The predicted octanol–water partition coefficient (Wildman–Crippen LogP) is 0.864. The van der Waals surface area contributed by atoms with Crippen LogP contribution in [0.3, 0.4) is 0 Å². The Hall–Kier alpha value is -1.95. The van der Waals surface area contributed by atoms with Crippen molar-refractivity contribution in [3.63, 3.8) is 0 Å². The summed E-state index contributed by atoms with van der Waals surface area (Å²) in [5.74, 6) is 0. The summed E-state index contributed by atoms with van der Waals surface area (Å²) in [6, 6.07) is 5.26. The third kappa shape index (κ3) is 1.13. The van der Waals surface area contributed by atoms with Gasteiger partial charge in [0.1, 0.15) is 0 Å². The topological polar surface area (TPSA) is 70.7 Å². The van der Waals surface area contributed by atoms with Crippen LogP contribution in [0.2, 0.25) is 0 Å². The zero-order chi connectivity index (χ0) is 11.3. The number of thiol groups is 1. The molecule has 16 heavy (non-hydrogen) atoms. The van der Waals surface area contributed by atoms with Crippen molar-refractivity contribution in [1.82, 2.24) is 13.9 Å². The minimum Gasteiger partial charge on any atom is -0.306 e. The molecule has 0 amide bonds. The first kappa shape index (κ1) is 9.29. The van der Waals surface area contributed by atoms with Gasteiger partial charge in [0.2, 0.25) is 0 Å². The average Bonchev–Trinajstić information content (AvgIpc) is 2.60. The second kappa shape index (κ2) is 3.02. The third-order valence-corrected chi connectivity index (χ3v) is 2.91. The van der Waals surface area contributed by atoms with Gasteiger partial charge in [0.15, 0.2) is 0 Å². The van der Waals surface area contributed by atoms with Gasteiger partial charge in [-0.2, -0.15) is 0 Å². The van der Waals surface area contributed by atoms with Gasteiger partial charge in [0.25, 0.3) is 5.56 Å². The minimum atomic E-state index is -0.503. The highest BCUT2D eigenvalue weighted by atomic mass is 32.1. The lowest BCUT2D eigenvalue weighted by atomic mass is 10.2. The van der Waals surface area contributed by atoms with Gasteiger partial charge in [-0.05, 0) is 18.2 Å². The zero-order valence-electron chi connectivity index (χ0n) is 8.02. The van der Waals surface area contributed by atoms with E-state index in [0.29, 0.717) is 10.9 Å². The Kier molecular flexibility index (Phi) is 1.75. The van der Waals surface area contributed by atoms with Crippen LogP contribution in [0.1, 0.15) is 0 Å². The molecule has 3 rings (SSSR count). The van der Waals surface area contributed by atoms with Gasteiger partial charge in [0.05, 0.1) is 16.4 Å². The Labute approximate surface area is 94.3 Å². The van der Waals surface area contributed by atoms with Crippen LogP contribution in [-0.4, -0.2) is 13.9 Å². The van der Waals surface area contributed by atoms with E-state index in [1.807, 2.05) is 0 Å². The fourth-order valence-corrected chi connectivity index (χ4v) is 2.08. The first-order valence-corrected chi connectivity index (χ1v) is 5.02. The number of nitrogens with zero attached hydrogens (tertiary/aromatic N) is 1. The summed E-state index contributed by atoms with van der Waals surface area (Å²) < 4.78 is 1.63. The van der Waals surface area contributed by atoms with E-state index in [9.17, 15) is 9.59 Å². The highest BCUT2D eigenvalue weighted by molar-refractivity contribution is 7.78. The van der Waals surface area contributed by atoms with Gasteiger partial charge in [-0.3, -0.25) is 13.8 Å². The molecule has 2 N–H and O–H groups in total. The third-order valence-electron chi connectivity index (χ3n) is 2.56. The largest absolute Gasteiger partial charge is 0.326 e. The van der Waals surface area contributed by atoms with Crippen LogP contribution < -0.4 is 11.2 Å². The number of hydrogen-bond acceptors (Lipinski definition) is 3. The number of nitrogens with one attached hydrogen (secondary N) is 2. The van der Waals surface area contributed by atoms with Crippen LogP contribution in [-0.2, 0) is 0 Å². The maximum absolute atomic E-state index is 11.5. The van der Waals surface area contributed by atoms with Crippen molar-refractivity contribution in [1.29, 1.82) is 0 Å². The normalized spacial score (nSPS) is 11.3. The number of aromatic nitrogens is 3. The van der Waals surface area contributed by atoms with E-state index >= 15 is 0 Å². The molecule has 0 aliphatic carbocycles. The second-order valence-electron chi connectivity index (χ2n) is 3.49. The summed E-state index contributed by atoms with van der Waals surface area (Å²) in [6.07, 6.45) is 1.76. The van der Waals surface area contributed by atoms with Crippen molar-refractivity contribution < 1.29 is 0 Å². The molecule has 80 valence electrons. The highest BCUT2D eigenvalue weighted by Gasteiger charge is 2.07. The number of H-pyrrole nitrogens is 2. The van der Waals surface area contributed by atoms with Crippen LogP contribution in [0, 0.1) is 0 Å². The quantitative estimate of drug-likeness (QED) is 0.504. The molecular formula is C10H7N3O2S. The van der Waals surface area contributed by atoms with Gasteiger partial charge in [-0.1, -0.05) is 12.8 Å². The number of rotatable bonds is 0. The van der Waals surface area contributed by atoms with Crippen LogP contribution in [0.15, 0.2) is 34.0 Å². The molecular weight excluding hydrogens is 226 g/mol. The van der Waals surface area contributed by atoms with Crippen molar-refractivity contribution in [3.8, 4) is 0 Å². The van der Waals surface area contributed by atoms with E-state index in [1.165, 1.54) is 0 Å². The Morgan fingerprint density at radius 3 is 2.69 bits per heavy atom. The molecule has 3 aromatic rings. The fourth-order valence-electron chi connectivity index (χ4n) is 1.84. The van der Waals surface area contributed by atoms with Crippen molar-refractivity contribution >= 4 is 34.6 Å². The van der Waals surface area contributed by atoms with Crippen molar-refractivity contribution in [2.45, 2.75) is 0 Å². The van der Waals surface area contributed by atoms with Gasteiger partial charge in [0, 0.05) is 11.6 Å². The molecule has 0 bridgehead atoms. The Bertz CT molecular complexity index is 812. The SMILES string of the molecule is O=c1[nH]c(=O)c2ccc3c(ccn3S)c2[nH]1. The molecule has 5 nitrogen and oxygen atoms in total. The van der Waals surface area contributed by atoms with E-state index in [1.54, 1.807) is 28.4 Å². The zero-order valence-corrected chi connectivity index (χ0v) is 8.91. The Morgan fingerprint density at radius 1 is 1.06 bits per heavy atom. The number of aromatic amines is 2. The van der Waals surface area contributed by atoms with Gasteiger partial charge in [-0.15, -0.1) is 0 Å². The van der Waals surface area contributed by atoms with Crippen molar-refractivity contribution in [3.05, 3.63) is 45.2 Å². The molecule has 0 aliphatic heterocycles. The van der Waals surface area contributed by atoms with Gasteiger partial charge < -0.3 is 4.98 Å². The molecule has 2 heterocycles. The van der Waals surface area contributed by atoms with Gasteiger partial charge in [-0.25, -0.2) is 4.79 Å². The summed E-state index contributed by atoms with van der Waals surface area (Å²) in [4.78, 5) is 27.6. The molecule has 2 aromatic heterocycles. The molecule has 0 atom stereocenters. The predicted molar refractivity (Wildman–Crippen MR) is 65.1 cm³/mol. The maximum Gasteiger partial charge on any atom is 0.326 e. The van der Waals surface area contributed by atoms with Crippen molar-refractivity contribution in [2.75, 3.05) is 0 Å². The fraction of sp³-hybridized carbons (Fsp3) is 0. The molecule has 6 heteroatoms. The lowest BCUT2D eigenvalue weighted by Gasteiger charge is -1.99. The maximum atomic E-state index is 11.5. The molecule has 0 spiro atoms. The lowest BCUT2D eigenvalue weighted by Crippen LogP contribution is -2.21. The van der Waals surface area contributed by atoms with Gasteiger partial charge >= 0.3 is 5.69 Å². The monoisotopic (exact) mass is 233 g/mol. The van der Waals surface area contributed by atoms with E-state index in [4.69, 9.17) is 0 Å². The summed E-state index contributed by atoms with van der Waals surface area (Å²) in [5, 5.41) is 1.27. The second-order valence-corrected chi connectivity index (χ2v) is 3.92. The number of fused-ring (bicyclic) bond motifs is 3. The Balaban J connectivity index is 2.70. The van der Waals surface area contributed by atoms with Crippen LogP contribution >= 0.6 is 12.8 Å². The summed E-state index contributed by atoms with van der Waals surface area (Å²) >= 11 is 4.22. The highest BCUT2D eigenvalue weighted by Crippen LogP contribution is 2.22. The molecule has 1 aromatic carbocycles. The molecule has 0 saturated carbocycles. The summed E-state index contributed by atoms with van der Waals surface area (Å²) in [6.45, 7) is 0.